The van der Waals surface area contributed by atoms with Crippen LogP contribution in [0.5, 0.6) is 0 Å². The Morgan fingerprint density at radius 1 is 1.06 bits per heavy atom. The van der Waals surface area contributed by atoms with E-state index < -0.39 is 27.6 Å². The molecule has 8 nitrogen and oxygen atoms in total. The summed E-state index contributed by atoms with van der Waals surface area (Å²) in [7, 11) is -4.21. The third-order valence-electron chi connectivity index (χ3n) is 6.28. The highest BCUT2D eigenvalue weighted by atomic mass is 32.2. The molecule has 0 spiro atoms. The molecular formula is C25H41N3O5S. The van der Waals surface area contributed by atoms with Gasteiger partial charge in [-0.25, -0.2) is 13.2 Å². The summed E-state index contributed by atoms with van der Waals surface area (Å²) >= 11 is 0. The largest absolute Gasteiger partial charge is 0.450 e. The standard InChI is InChI=1S/C25H41N3O5S/c1-9-22(29)25(15-26-11-12-28(25)24(30)33-10-2)27-34(31,32)23-20(17(5)6)13-19(16(3)4)14-21(23)18(7)8/h13-14,16-18,26-27H,9-12,15H2,1-8H3. The molecule has 1 heterocycles. The van der Waals surface area contributed by atoms with Gasteiger partial charge in [0.1, 0.15) is 0 Å². The van der Waals surface area contributed by atoms with Crippen LogP contribution in [0.4, 0.5) is 4.79 Å². The number of benzene rings is 1. The van der Waals surface area contributed by atoms with E-state index in [1.54, 1.807) is 13.8 Å². The van der Waals surface area contributed by atoms with Gasteiger partial charge < -0.3 is 10.1 Å². The summed E-state index contributed by atoms with van der Waals surface area (Å²) in [5.41, 5.74) is 0.705. The highest BCUT2D eigenvalue weighted by molar-refractivity contribution is 7.89. The second-order valence-corrected chi connectivity index (χ2v) is 11.4. The first kappa shape index (κ1) is 28.3. The number of hydrogen-bond acceptors (Lipinski definition) is 6. The first-order chi connectivity index (χ1) is 15.8. The van der Waals surface area contributed by atoms with Crippen LogP contribution in [0.25, 0.3) is 0 Å². The molecule has 0 saturated carbocycles. The summed E-state index contributed by atoms with van der Waals surface area (Å²) in [6, 6.07) is 3.90. The Morgan fingerprint density at radius 2 is 1.62 bits per heavy atom. The van der Waals surface area contributed by atoms with E-state index in [2.05, 4.69) is 23.9 Å². The number of nitrogens with zero attached hydrogens (tertiary/aromatic N) is 1. The number of amides is 1. The molecule has 0 aliphatic carbocycles. The Bertz CT molecular complexity index is 975. The zero-order valence-corrected chi connectivity index (χ0v) is 22.6. The van der Waals surface area contributed by atoms with Gasteiger partial charge in [0.25, 0.3) is 0 Å². The van der Waals surface area contributed by atoms with Gasteiger partial charge in [-0.1, -0.05) is 60.6 Å². The Labute approximate surface area is 204 Å². The maximum absolute atomic E-state index is 14.1. The number of Topliss-reactive ketones (excluding diaryl/α,β-unsaturated/α-hetero) is 1. The van der Waals surface area contributed by atoms with Gasteiger partial charge in [-0.3, -0.25) is 9.69 Å². The summed E-state index contributed by atoms with van der Waals surface area (Å²) < 4.78 is 36.1. The molecule has 0 aromatic heterocycles. The number of piperazine rings is 1. The average Bonchev–Trinajstić information content (AvgIpc) is 2.77. The molecule has 2 N–H and O–H groups in total. The lowest BCUT2D eigenvalue weighted by atomic mass is 9.89. The minimum absolute atomic E-state index is 0.0319. The summed E-state index contributed by atoms with van der Waals surface area (Å²) in [6.07, 6.45) is -0.655. The molecule has 9 heteroatoms. The molecule has 34 heavy (non-hydrogen) atoms. The van der Waals surface area contributed by atoms with E-state index in [0.717, 1.165) is 5.56 Å². The molecule has 1 unspecified atom stereocenters. The predicted molar refractivity (Wildman–Crippen MR) is 134 cm³/mol. The van der Waals surface area contributed by atoms with Gasteiger partial charge in [0.05, 0.1) is 11.5 Å². The van der Waals surface area contributed by atoms with E-state index in [1.807, 2.05) is 39.8 Å². The third-order valence-corrected chi connectivity index (χ3v) is 7.89. The minimum atomic E-state index is -4.21. The zero-order chi connectivity index (χ0) is 25.8. The number of nitrogens with one attached hydrogen (secondary N) is 2. The maximum Gasteiger partial charge on any atom is 0.411 e. The molecule has 1 aliphatic rings. The second kappa shape index (κ2) is 11.2. The van der Waals surface area contributed by atoms with Gasteiger partial charge in [-0.15, -0.1) is 0 Å². The third kappa shape index (κ3) is 5.63. The number of sulfonamides is 1. The van der Waals surface area contributed by atoms with Gasteiger partial charge >= 0.3 is 6.09 Å². The van der Waals surface area contributed by atoms with Crippen molar-refractivity contribution in [3.8, 4) is 0 Å². The van der Waals surface area contributed by atoms with Crippen molar-refractivity contribution in [2.75, 3.05) is 26.2 Å². The van der Waals surface area contributed by atoms with Gasteiger partial charge in [0, 0.05) is 26.1 Å². The fourth-order valence-corrected chi connectivity index (χ4v) is 6.41. The minimum Gasteiger partial charge on any atom is -0.450 e. The highest BCUT2D eigenvalue weighted by Gasteiger charge is 2.51. The molecule has 1 saturated heterocycles. The van der Waals surface area contributed by atoms with E-state index in [1.165, 1.54) is 4.90 Å². The topological polar surface area (TPSA) is 105 Å². The molecule has 2 rings (SSSR count). The van der Waals surface area contributed by atoms with Gasteiger partial charge in [0.2, 0.25) is 10.0 Å². The Hall–Kier alpha value is -1.97. The van der Waals surface area contributed by atoms with Crippen molar-refractivity contribution >= 4 is 21.9 Å². The SMILES string of the molecule is CCOC(=O)N1CCNCC1(NS(=O)(=O)c1c(C(C)C)cc(C(C)C)cc1C(C)C)C(=O)CC. The van der Waals surface area contributed by atoms with E-state index in [0.29, 0.717) is 17.7 Å². The van der Waals surface area contributed by atoms with Crippen LogP contribution < -0.4 is 10.0 Å². The van der Waals surface area contributed by atoms with E-state index in [4.69, 9.17) is 4.74 Å². The van der Waals surface area contributed by atoms with Crippen LogP contribution >= 0.6 is 0 Å². The van der Waals surface area contributed by atoms with Crippen molar-refractivity contribution < 1.29 is 22.7 Å². The summed E-state index contributed by atoms with van der Waals surface area (Å²) in [4.78, 5) is 27.5. The highest BCUT2D eigenvalue weighted by Crippen LogP contribution is 2.36. The molecule has 1 aromatic rings. The van der Waals surface area contributed by atoms with Crippen LogP contribution in [-0.4, -0.2) is 57.1 Å². The Balaban J connectivity index is 2.76. The molecule has 1 atom stereocenters. The van der Waals surface area contributed by atoms with Gasteiger partial charge in [-0.2, -0.15) is 4.72 Å². The van der Waals surface area contributed by atoms with Crippen LogP contribution in [0.2, 0.25) is 0 Å². The van der Waals surface area contributed by atoms with Crippen LogP contribution in [-0.2, 0) is 19.6 Å². The number of ether oxygens (including phenoxy) is 1. The monoisotopic (exact) mass is 495 g/mol. The van der Waals surface area contributed by atoms with Crippen molar-refractivity contribution in [3.05, 3.63) is 28.8 Å². The summed E-state index contributed by atoms with van der Waals surface area (Å²) in [6.45, 7) is 16.0. The number of rotatable bonds is 9. The molecule has 0 bridgehead atoms. The van der Waals surface area contributed by atoms with Crippen LogP contribution in [0.1, 0.15) is 96.3 Å². The molecule has 0 radical (unpaired) electrons. The predicted octanol–water partition coefficient (Wildman–Crippen LogP) is 4.07. The lowest BCUT2D eigenvalue weighted by molar-refractivity contribution is -0.132. The zero-order valence-electron chi connectivity index (χ0n) is 21.8. The Kier molecular flexibility index (Phi) is 9.30. The fraction of sp³-hybridized carbons (Fsp3) is 0.680. The number of carbonyl (C=O) groups excluding carboxylic acids is 2. The fourth-order valence-electron chi connectivity index (χ4n) is 4.36. The second-order valence-electron chi connectivity index (χ2n) is 9.76. The van der Waals surface area contributed by atoms with Gasteiger partial charge in [-0.05, 0) is 41.4 Å². The molecule has 1 fully saturated rings. The average molecular weight is 496 g/mol. The lowest BCUT2D eigenvalue weighted by Crippen LogP contribution is -2.74. The van der Waals surface area contributed by atoms with Crippen molar-refractivity contribution in [1.29, 1.82) is 0 Å². The van der Waals surface area contributed by atoms with Gasteiger partial charge in [0.15, 0.2) is 11.4 Å². The molecule has 192 valence electrons. The maximum atomic E-state index is 14.1. The van der Waals surface area contributed by atoms with E-state index in [-0.39, 0.29) is 48.8 Å². The normalized spacial score (nSPS) is 19.2. The summed E-state index contributed by atoms with van der Waals surface area (Å²) in [5.74, 6) is -0.292. The smallest absolute Gasteiger partial charge is 0.411 e. The van der Waals surface area contributed by atoms with Crippen molar-refractivity contribution in [2.45, 2.75) is 90.1 Å². The van der Waals surface area contributed by atoms with Crippen molar-refractivity contribution in [3.63, 3.8) is 0 Å². The number of carbonyl (C=O) groups is 2. The van der Waals surface area contributed by atoms with Crippen LogP contribution in [0.3, 0.4) is 0 Å². The van der Waals surface area contributed by atoms with Crippen molar-refractivity contribution in [1.82, 2.24) is 14.9 Å². The van der Waals surface area contributed by atoms with Crippen LogP contribution in [0.15, 0.2) is 17.0 Å². The Morgan fingerprint density at radius 3 is 2.06 bits per heavy atom. The number of ketones is 1. The molecule has 1 aliphatic heterocycles. The van der Waals surface area contributed by atoms with E-state index >= 15 is 0 Å². The quantitative estimate of drug-likeness (QED) is 0.535. The molecule has 1 aromatic carbocycles. The molecule has 1 amide bonds. The van der Waals surface area contributed by atoms with E-state index in [9.17, 15) is 18.0 Å². The van der Waals surface area contributed by atoms with Crippen LogP contribution in [0, 0.1) is 0 Å². The lowest BCUT2D eigenvalue weighted by Gasteiger charge is -2.45. The van der Waals surface area contributed by atoms with Crippen molar-refractivity contribution in [2.24, 2.45) is 0 Å². The first-order valence-corrected chi connectivity index (χ1v) is 13.7. The number of hydrogen-bond donors (Lipinski definition) is 2. The summed E-state index contributed by atoms with van der Waals surface area (Å²) in [5, 5.41) is 3.09. The first-order valence-electron chi connectivity index (χ1n) is 12.2. The molecular weight excluding hydrogens is 454 g/mol.